The zero-order valence-electron chi connectivity index (χ0n) is 18.6. The van der Waals surface area contributed by atoms with Crippen molar-refractivity contribution in [3.63, 3.8) is 0 Å². The molecule has 33 heavy (non-hydrogen) atoms. The molecule has 3 heterocycles. The van der Waals surface area contributed by atoms with Crippen molar-refractivity contribution in [2.75, 3.05) is 25.7 Å². The lowest BCUT2D eigenvalue weighted by Crippen LogP contribution is -2.58. The van der Waals surface area contributed by atoms with Gasteiger partial charge in [-0.25, -0.2) is 9.59 Å². The monoisotopic (exact) mass is 505 g/mol. The minimum Gasteiger partial charge on any atom is -0.465 e. The number of thiocarbonyl (C=S) groups is 1. The molecule has 1 fully saturated rings. The van der Waals surface area contributed by atoms with Crippen LogP contribution in [0.2, 0.25) is 0 Å². The van der Waals surface area contributed by atoms with Crippen LogP contribution in [0.4, 0.5) is 5.69 Å². The maximum Gasteiger partial charge on any atom is 0.346 e. The molecule has 1 aromatic carbocycles. The van der Waals surface area contributed by atoms with Crippen molar-refractivity contribution in [2.45, 2.75) is 38.3 Å². The van der Waals surface area contributed by atoms with E-state index in [1.54, 1.807) is 4.90 Å². The maximum atomic E-state index is 13.5. The zero-order valence-corrected chi connectivity index (χ0v) is 21.1. The van der Waals surface area contributed by atoms with Crippen molar-refractivity contribution >= 4 is 69.7 Å². The molecule has 7 nitrogen and oxygen atoms in total. The molecule has 3 aliphatic heterocycles. The quantitative estimate of drug-likeness (QED) is 0.343. The summed E-state index contributed by atoms with van der Waals surface area (Å²) in [4.78, 5) is 40.8. The van der Waals surface area contributed by atoms with Gasteiger partial charge in [-0.15, -0.1) is 0 Å². The molecule has 0 radical (unpaired) electrons. The van der Waals surface area contributed by atoms with Crippen LogP contribution in [0.25, 0.3) is 5.57 Å². The number of amides is 1. The van der Waals surface area contributed by atoms with Crippen LogP contribution in [-0.2, 0) is 28.6 Å². The van der Waals surface area contributed by atoms with E-state index in [9.17, 15) is 14.4 Å². The molecule has 0 saturated carbocycles. The highest BCUT2D eigenvalue weighted by molar-refractivity contribution is 8.29. The Morgan fingerprint density at radius 1 is 1.09 bits per heavy atom. The summed E-state index contributed by atoms with van der Waals surface area (Å²) in [7, 11) is 2.53. The number of carbonyl (C=O) groups excluding carboxylic acids is 3. The van der Waals surface area contributed by atoms with Crippen molar-refractivity contribution < 1.29 is 28.6 Å². The Morgan fingerprint density at radius 3 is 2.24 bits per heavy atom. The number of thioether (sulfide) groups is 2. The molecule has 10 heteroatoms. The summed E-state index contributed by atoms with van der Waals surface area (Å²) >= 11 is 8.21. The van der Waals surface area contributed by atoms with Crippen molar-refractivity contribution in [3.05, 3.63) is 43.9 Å². The van der Waals surface area contributed by atoms with Gasteiger partial charge < -0.3 is 14.2 Å². The molecule has 1 amide bonds. The topological polar surface area (TPSA) is 82.1 Å². The van der Waals surface area contributed by atoms with Gasteiger partial charge >= 0.3 is 11.9 Å². The number of methoxy groups -OCH3 is 2. The second-order valence-electron chi connectivity index (χ2n) is 8.09. The summed E-state index contributed by atoms with van der Waals surface area (Å²) in [5.74, 6) is -1.35. The number of benzene rings is 1. The van der Waals surface area contributed by atoms with E-state index in [-0.39, 0.29) is 15.7 Å². The van der Waals surface area contributed by atoms with Gasteiger partial charge in [-0.1, -0.05) is 53.9 Å². The number of hydrogen-bond donors (Lipinski definition) is 0. The van der Waals surface area contributed by atoms with Gasteiger partial charge in [-0.05, 0) is 32.8 Å². The van der Waals surface area contributed by atoms with Crippen molar-refractivity contribution in [1.82, 2.24) is 0 Å². The first-order valence-electron chi connectivity index (χ1n) is 10.3. The number of fused-ring (bicyclic) bond motifs is 1. The predicted molar refractivity (Wildman–Crippen MR) is 133 cm³/mol. The molecular formula is C23H23NO6S3. The van der Waals surface area contributed by atoms with E-state index in [1.807, 2.05) is 38.1 Å². The zero-order chi connectivity index (χ0) is 23.9. The Bertz CT molecular complexity index is 1090. The fourth-order valence-corrected chi connectivity index (χ4v) is 7.11. The normalized spacial score (nSPS) is 21.9. The fourth-order valence-electron chi connectivity index (χ4n) is 4.08. The Balaban J connectivity index is 1.85. The molecule has 4 rings (SSSR count). The number of esters is 2. The summed E-state index contributed by atoms with van der Waals surface area (Å²) in [5, 5.41) is 0. The van der Waals surface area contributed by atoms with Gasteiger partial charge in [0.15, 0.2) is 0 Å². The molecule has 0 spiro atoms. The number of carbonyl (C=O) groups is 3. The fraction of sp³-hybridized carbons (Fsp3) is 0.391. The number of nitrogens with zero attached hydrogens (tertiary/aromatic N) is 1. The summed E-state index contributed by atoms with van der Waals surface area (Å²) in [6.45, 7) is 4.37. The molecule has 0 unspecified atom stereocenters. The summed E-state index contributed by atoms with van der Waals surface area (Å²) < 4.78 is 16.1. The molecule has 0 N–H and O–H groups in total. The highest BCUT2D eigenvalue weighted by Gasteiger charge is 2.47. The Hall–Kier alpha value is -2.14. The Morgan fingerprint density at radius 2 is 1.70 bits per heavy atom. The highest BCUT2D eigenvalue weighted by atomic mass is 32.2. The van der Waals surface area contributed by atoms with Gasteiger partial charge in [0.25, 0.3) is 5.91 Å². The minimum atomic E-state index is -0.838. The molecule has 0 aromatic heterocycles. The van der Waals surface area contributed by atoms with Gasteiger partial charge in [0, 0.05) is 17.7 Å². The average molecular weight is 506 g/mol. The predicted octanol–water partition coefficient (Wildman–Crippen LogP) is 4.07. The number of para-hydroxylation sites is 1. The summed E-state index contributed by atoms with van der Waals surface area (Å²) in [6, 6.07) is 7.51. The number of anilines is 1. The first-order chi connectivity index (χ1) is 15.7. The number of hydrogen-bond acceptors (Lipinski definition) is 9. The highest BCUT2D eigenvalue weighted by Crippen LogP contribution is 2.56. The van der Waals surface area contributed by atoms with E-state index < -0.39 is 23.6 Å². The van der Waals surface area contributed by atoms with E-state index >= 15 is 0 Å². The first kappa shape index (κ1) is 24.0. The van der Waals surface area contributed by atoms with Crippen LogP contribution in [0, 0.1) is 0 Å². The van der Waals surface area contributed by atoms with Gasteiger partial charge in [-0.3, -0.25) is 9.69 Å². The standard InChI is InChI=1S/C23H23NO6S3/c1-23(2)18(31)15(22-32-16(20(26)28-3)17(33-22)21(27)29-4)12-8-5-6-9-13(12)24(23)19(25)14-10-7-11-30-14/h5-6,8-9,14H,7,10-11H2,1-4H3/t14-/m1/s1. The molecule has 1 aromatic rings. The van der Waals surface area contributed by atoms with E-state index in [2.05, 4.69) is 0 Å². The van der Waals surface area contributed by atoms with Crippen molar-refractivity contribution in [2.24, 2.45) is 0 Å². The lowest BCUT2D eigenvalue weighted by Gasteiger charge is -2.46. The third kappa shape index (κ3) is 4.03. The lowest BCUT2D eigenvalue weighted by atomic mass is 9.83. The van der Waals surface area contributed by atoms with Gasteiger partial charge in [-0.2, -0.15) is 0 Å². The smallest absolute Gasteiger partial charge is 0.346 e. The van der Waals surface area contributed by atoms with Crippen molar-refractivity contribution in [1.29, 1.82) is 0 Å². The van der Waals surface area contributed by atoms with Crippen LogP contribution in [0.5, 0.6) is 0 Å². The second-order valence-corrected chi connectivity index (χ2v) is 10.8. The average Bonchev–Trinajstić information content (AvgIpc) is 3.49. The van der Waals surface area contributed by atoms with Crippen LogP contribution in [0.15, 0.2) is 38.3 Å². The first-order valence-corrected chi connectivity index (χ1v) is 12.4. The third-order valence-electron chi connectivity index (χ3n) is 5.72. The largest absolute Gasteiger partial charge is 0.465 e. The molecule has 174 valence electrons. The van der Waals surface area contributed by atoms with Crippen molar-refractivity contribution in [3.8, 4) is 0 Å². The van der Waals surface area contributed by atoms with Crippen LogP contribution >= 0.6 is 35.7 Å². The molecule has 0 aliphatic carbocycles. The molecule has 1 saturated heterocycles. The van der Waals surface area contributed by atoms with Gasteiger partial charge in [0.05, 0.1) is 34.5 Å². The minimum absolute atomic E-state index is 0.119. The number of ether oxygens (including phenoxy) is 3. The van der Waals surface area contributed by atoms with E-state index in [0.29, 0.717) is 27.8 Å². The van der Waals surface area contributed by atoms with Crippen LogP contribution in [-0.4, -0.2) is 55.2 Å². The summed E-state index contributed by atoms with van der Waals surface area (Å²) in [6.07, 6.45) is 1.02. The van der Waals surface area contributed by atoms with Crippen LogP contribution in [0.3, 0.4) is 0 Å². The molecule has 0 bridgehead atoms. The molecule has 1 atom stereocenters. The van der Waals surface area contributed by atoms with E-state index in [1.165, 1.54) is 14.2 Å². The Labute approximate surface area is 205 Å². The lowest BCUT2D eigenvalue weighted by molar-refractivity contribution is -0.138. The van der Waals surface area contributed by atoms with Gasteiger partial charge in [0.2, 0.25) is 0 Å². The SMILES string of the molecule is COC(=O)C1=C(C(=O)OC)SC(=C2C(=S)C(C)(C)N(C(=O)[C@H]3CCCO3)c3ccccc32)S1. The van der Waals surface area contributed by atoms with E-state index in [4.69, 9.17) is 26.4 Å². The third-order valence-corrected chi connectivity index (χ3v) is 8.98. The molecular weight excluding hydrogens is 482 g/mol. The molecule has 3 aliphatic rings. The maximum absolute atomic E-state index is 13.5. The van der Waals surface area contributed by atoms with Crippen LogP contribution < -0.4 is 4.90 Å². The second kappa shape index (κ2) is 9.25. The Kier molecular flexibility index (Phi) is 6.73. The summed E-state index contributed by atoms with van der Waals surface area (Å²) in [5.41, 5.74) is 1.36. The van der Waals surface area contributed by atoms with Gasteiger partial charge in [0.1, 0.15) is 15.9 Å². The number of rotatable bonds is 3. The van der Waals surface area contributed by atoms with E-state index in [0.717, 1.165) is 41.1 Å². The van der Waals surface area contributed by atoms with Crippen LogP contribution in [0.1, 0.15) is 32.3 Å².